The topological polar surface area (TPSA) is 55.4 Å². The SMILES string of the molecule is CO[Si](C)(CCCOCCOCCC[Si](C)(OC)OC)OC. The minimum atomic E-state index is -1.94. The van der Waals surface area contributed by atoms with Crippen molar-refractivity contribution in [3.63, 3.8) is 0 Å². The van der Waals surface area contributed by atoms with E-state index in [1.807, 2.05) is 0 Å². The number of hydrogen-bond donors (Lipinski definition) is 0. The molecule has 0 spiro atoms. The van der Waals surface area contributed by atoms with Crippen molar-refractivity contribution in [1.29, 1.82) is 0 Å². The third-order valence-corrected chi connectivity index (χ3v) is 9.92. The van der Waals surface area contributed by atoms with Crippen LogP contribution < -0.4 is 0 Å². The molecule has 0 aliphatic carbocycles. The molecule has 0 aromatic rings. The Morgan fingerprint density at radius 2 is 0.864 bits per heavy atom. The largest absolute Gasteiger partial charge is 0.398 e. The van der Waals surface area contributed by atoms with E-state index in [2.05, 4.69) is 13.1 Å². The summed E-state index contributed by atoms with van der Waals surface area (Å²) < 4.78 is 32.8. The first-order chi connectivity index (χ1) is 10.4. The van der Waals surface area contributed by atoms with E-state index in [0.29, 0.717) is 13.2 Å². The summed E-state index contributed by atoms with van der Waals surface area (Å²) in [5.41, 5.74) is 0. The van der Waals surface area contributed by atoms with Crippen LogP contribution in [0.2, 0.25) is 25.2 Å². The molecule has 0 saturated carbocycles. The van der Waals surface area contributed by atoms with E-state index < -0.39 is 17.1 Å². The Labute approximate surface area is 137 Å². The molecule has 0 unspecified atom stereocenters. The predicted molar refractivity (Wildman–Crippen MR) is 91.8 cm³/mol. The summed E-state index contributed by atoms with van der Waals surface area (Å²) in [6.45, 7) is 6.82. The average molecular weight is 355 g/mol. The number of rotatable bonds is 15. The van der Waals surface area contributed by atoms with Gasteiger partial charge in [0, 0.05) is 41.7 Å². The number of ether oxygens (including phenoxy) is 2. The lowest BCUT2D eigenvalue weighted by Gasteiger charge is -2.22. The first-order valence-electron chi connectivity index (χ1n) is 7.81. The molecule has 8 heteroatoms. The molecule has 6 nitrogen and oxygen atoms in total. The molecule has 0 atom stereocenters. The Hall–Kier alpha value is 0.194. The second kappa shape index (κ2) is 12.6. The summed E-state index contributed by atoms with van der Waals surface area (Å²) in [4.78, 5) is 0. The standard InChI is InChI=1S/C14H34O6Si2/c1-15-21(5,16-2)13-7-9-19-11-12-20-10-8-14-22(6,17-3)18-4/h7-14H2,1-6H3. The van der Waals surface area contributed by atoms with Crippen molar-refractivity contribution in [2.45, 2.75) is 38.0 Å². The summed E-state index contributed by atoms with van der Waals surface area (Å²) in [6.07, 6.45) is 1.91. The van der Waals surface area contributed by atoms with Gasteiger partial charge in [-0.3, -0.25) is 0 Å². The van der Waals surface area contributed by atoms with Crippen LogP contribution in [0.4, 0.5) is 0 Å². The Balaban J connectivity index is 3.41. The lowest BCUT2D eigenvalue weighted by atomic mass is 10.5. The monoisotopic (exact) mass is 354 g/mol. The van der Waals surface area contributed by atoms with Crippen LogP contribution >= 0.6 is 0 Å². The molecular formula is C14H34O6Si2. The van der Waals surface area contributed by atoms with Crippen molar-refractivity contribution in [1.82, 2.24) is 0 Å². The van der Waals surface area contributed by atoms with Crippen LogP contribution in [-0.2, 0) is 27.2 Å². The zero-order chi connectivity index (χ0) is 16.9. The zero-order valence-corrected chi connectivity index (χ0v) is 17.1. The third kappa shape index (κ3) is 10.1. The molecule has 0 aromatic heterocycles. The second-order valence-corrected chi connectivity index (χ2v) is 12.7. The normalized spacial score (nSPS) is 12.8. The highest BCUT2D eigenvalue weighted by Crippen LogP contribution is 2.14. The molecule has 22 heavy (non-hydrogen) atoms. The molecule has 0 rings (SSSR count). The van der Waals surface area contributed by atoms with E-state index in [1.165, 1.54) is 0 Å². The quantitative estimate of drug-likeness (QED) is 0.333. The summed E-state index contributed by atoms with van der Waals surface area (Å²) in [6, 6.07) is 1.89. The maximum absolute atomic E-state index is 5.55. The molecule has 0 saturated heterocycles. The molecule has 0 aliphatic rings. The van der Waals surface area contributed by atoms with Crippen LogP contribution in [-0.4, -0.2) is 72.0 Å². The van der Waals surface area contributed by atoms with Gasteiger partial charge in [0.2, 0.25) is 0 Å². The third-order valence-electron chi connectivity index (χ3n) is 3.94. The van der Waals surface area contributed by atoms with E-state index in [-0.39, 0.29) is 0 Å². The van der Waals surface area contributed by atoms with Crippen LogP contribution in [0, 0.1) is 0 Å². The van der Waals surface area contributed by atoms with Crippen LogP contribution in [0.1, 0.15) is 12.8 Å². The van der Waals surface area contributed by atoms with E-state index in [0.717, 1.165) is 38.1 Å². The van der Waals surface area contributed by atoms with Gasteiger partial charge in [-0.15, -0.1) is 0 Å². The number of hydrogen-bond acceptors (Lipinski definition) is 6. The van der Waals surface area contributed by atoms with Gasteiger partial charge in [0.25, 0.3) is 0 Å². The van der Waals surface area contributed by atoms with Gasteiger partial charge < -0.3 is 27.2 Å². The molecular weight excluding hydrogens is 320 g/mol. The smallest absolute Gasteiger partial charge is 0.334 e. The molecule has 0 aliphatic heterocycles. The fourth-order valence-electron chi connectivity index (χ4n) is 1.89. The van der Waals surface area contributed by atoms with Crippen molar-refractivity contribution in [3.05, 3.63) is 0 Å². The van der Waals surface area contributed by atoms with E-state index >= 15 is 0 Å². The second-order valence-electron chi connectivity index (χ2n) is 5.52. The Morgan fingerprint density at radius 3 is 1.14 bits per heavy atom. The van der Waals surface area contributed by atoms with Gasteiger partial charge in [-0.25, -0.2) is 0 Å². The fourth-order valence-corrected chi connectivity index (χ4v) is 4.61. The maximum Gasteiger partial charge on any atom is 0.334 e. The Morgan fingerprint density at radius 1 is 0.545 bits per heavy atom. The first-order valence-corrected chi connectivity index (χ1v) is 12.9. The van der Waals surface area contributed by atoms with Crippen LogP contribution in [0.15, 0.2) is 0 Å². The van der Waals surface area contributed by atoms with Gasteiger partial charge in [0.15, 0.2) is 0 Å². The van der Waals surface area contributed by atoms with E-state index in [9.17, 15) is 0 Å². The Bertz CT molecular complexity index is 234. The van der Waals surface area contributed by atoms with Gasteiger partial charge in [-0.2, -0.15) is 0 Å². The van der Waals surface area contributed by atoms with Gasteiger partial charge in [-0.05, 0) is 38.0 Å². The van der Waals surface area contributed by atoms with Crippen LogP contribution in [0.5, 0.6) is 0 Å². The van der Waals surface area contributed by atoms with Crippen molar-refractivity contribution in [2.75, 3.05) is 54.9 Å². The molecule has 0 heterocycles. The zero-order valence-electron chi connectivity index (χ0n) is 15.1. The molecule has 0 fully saturated rings. The van der Waals surface area contributed by atoms with Gasteiger partial charge >= 0.3 is 17.1 Å². The highest BCUT2D eigenvalue weighted by molar-refractivity contribution is 6.66. The highest BCUT2D eigenvalue weighted by atomic mass is 28.4. The Kier molecular flexibility index (Phi) is 12.7. The van der Waals surface area contributed by atoms with Crippen molar-refractivity contribution in [3.8, 4) is 0 Å². The molecule has 0 N–H and O–H groups in total. The lowest BCUT2D eigenvalue weighted by molar-refractivity contribution is 0.0469. The highest BCUT2D eigenvalue weighted by Gasteiger charge is 2.28. The van der Waals surface area contributed by atoms with Gasteiger partial charge in [0.05, 0.1) is 13.2 Å². The van der Waals surface area contributed by atoms with E-state index in [4.69, 9.17) is 27.2 Å². The summed E-state index contributed by atoms with van der Waals surface area (Å²) >= 11 is 0. The van der Waals surface area contributed by atoms with Gasteiger partial charge in [-0.1, -0.05) is 0 Å². The molecule has 0 bridgehead atoms. The molecule has 0 radical (unpaired) electrons. The summed E-state index contributed by atoms with van der Waals surface area (Å²) in [7, 11) is 2.98. The minimum Gasteiger partial charge on any atom is -0.398 e. The van der Waals surface area contributed by atoms with Gasteiger partial charge in [0.1, 0.15) is 0 Å². The predicted octanol–water partition coefficient (Wildman–Crippen LogP) is 2.53. The van der Waals surface area contributed by atoms with E-state index in [1.54, 1.807) is 28.4 Å². The summed E-state index contributed by atoms with van der Waals surface area (Å²) in [5.74, 6) is 0. The van der Waals surface area contributed by atoms with Crippen LogP contribution in [0.25, 0.3) is 0 Å². The lowest BCUT2D eigenvalue weighted by Crippen LogP contribution is -2.36. The average Bonchev–Trinajstić information content (AvgIpc) is 2.56. The minimum absolute atomic E-state index is 0.626. The van der Waals surface area contributed by atoms with Crippen LogP contribution in [0.3, 0.4) is 0 Å². The first kappa shape index (κ1) is 22.2. The van der Waals surface area contributed by atoms with Crippen molar-refractivity contribution in [2.24, 2.45) is 0 Å². The van der Waals surface area contributed by atoms with Crippen molar-refractivity contribution >= 4 is 17.1 Å². The van der Waals surface area contributed by atoms with Crippen molar-refractivity contribution < 1.29 is 27.2 Å². The molecule has 0 amide bonds. The maximum atomic E-state index is 5.55. The summed E-state index contributed by atoms with van der Waals surface area (Å²) in [5, 5.41) is 0. The fraction of sp³-hybridized carbons (Fsp3) is 1.00. The molecule has 134 valence electrons. The molecule has 0 aromatic carbocycles.